The van der Waals surface area contributed by atoms with E-state index in [1.165, 1.54) is 18.2 Å². The smallest absolute Gasteiger partial charge is 0.196 e. The third kappa shape index (κ3) is 2.85. The molecule has 2 aromatic heterocycles. The minimum absolute atomic E-state index is 0.0653. The molecule has 0 aliphatic carbocycles. The lowest BCUT2D eigenvalue weighted by Gasteiger charge is -2.08. The van der Waals surface area contributed by atoms with Crippen LogP contribution in [0.25, 0.3) is 0 Å². The quantitative estimate of drug-likeness (QED) is 0.387. The molecule has 3 N–H and O–H groups in total. The van der Waals surface area contributed by atoms with Gasteiger partial charge in [0.1, 0.15) is 5.82 Å². The van der Waals surface area contributed by atoms with Gasteiger partial charge in [-0.2, -0.15) is 0 Å². The van der Waals surface area contributed by atoms with Gasteiger partial charge < -0.3 is 15.5 Å². The number of aromatic nitrogens is 4. The van der Waals surface area contributed by atoms with E-state index in [0.29, 0.717) is 5.56 Å². The van der Waals surface area contributed by atoms with Crippen molar-refractivity contribution in [1.82, 2.24) is 19.7 Å². The van der Waals surface area contributed by atoms with E-state index in [9.17, 15) is 0 Å². The molecule has 0 radical (unpaired) electrons. The number of hydrogen-bond acceptors (Lipinski definition) is 6. The molecule has 0 fully saturated rings. The highest BCUT2D eigenvalue weighted by molar-refractivity contribution is 7.99. The van der Waals surface area contributed by atoms with Gasteiger partial charge in [-0.3, -0.25) is 4.98 Å². The third-order valence-corrected chi connectivity index (χ3v) is 4.47. The highest BCUT2D eigenvalue weighted by Crippen LogP contribution is 2.30. The van der Waals surface area contributed by atoms with Crippen molar-refractivity contribution in [3.05, 3.63) is 29.8 Å². The monoisotopic (exact) mass is 304 g/mol. The van der Waals surface area contributed by atoms with Crippen LogP contribution in [0.1, 0.15) is 30.7 Å². The number of fused-ring (bicyclic) bond motifs is 1. The molecule has 7 nitrogen and oxygen atoms in total. The zero-order valence-corrected chi connectivity index (χ0v) is 12.3. The van der Waals surface area contributed by atoms with Gasteiger partial charge in [0, 0.05) is 35.8 Å². The molecule has 0 aromatic carbocycles. The molecule has 0 unspecified atom stereocenters. The van der Waals surface area contributed by atoms with E-state index in [2.05, 4.69) is 24.9 Å². The molecule has 3 heterocycles. The van der Waals surface area contributed by atoms with Crippen molar-refractivity contribution < 1.29 is 5.21 Å². The number of nitrogens with zero attached hydrogens (tertiary/aromatic N) is 5. The molecule has 0 amide bonds. The maximum Gasteiger partial charge on any atom is 0.196 e. The van der Waals surface area contributed by atoms with Crippen LogP contribution in [0.4, 0.5) is 0 Å². The van der Waals surface area contributed by atoms with Gasteiger partial charge in [-0.05, 0) is 30.7 Å². The molecule has 1 aliphatic rings. The Kier molecular flexibility index (Phi) is 4.05. The van der Waals surface area contributed by atoms with E-state index in [4.69, 9.17) is 10.9 Å². The highest BCUT2D eigenvalue weighted by atomic mass is 32.2. The summed E-state index contributed by atoms with van der Waals surface area (Å²) in [6.07, 6.45) is 7.78. The minimum Gasteiger partial charge on any atom is -0.409 e. The van der Waals surface area contributed by atoms with Crippen LogP contribution in [0.15, 0.2) is 33.7 Å². The zero-order valence-electron chi connectivity index (χ0n) is 11.4. The van der Waals surface area contributed by atoms with E-state index in [0.717, 1.165) is 41.7 Å². The van der Waals surface area contributed by atoms with Gasteiger partial charge >= 0.3 is 0 Å². The second-order valence-electron chi connectivity index (χ2n) is 4.82. The molecule has 8 heteroatoms. The van der Waals surface area contributed by atoms with Crippen molar-refractivity contribution >= 4 is 17.6 Å². The lowest BCUT2D eigenvalue weighted by Crippen LogP contribution is -2.14. The fourth-order valence-electron chi connectivity index (χ4n) is 2.36. The number of pyridine rings is 1. The van der Waals surface area contributed by atoms with Crippen molar-refractivity contribution in [2.45, 2.75) is 42.3 Å². The van der Waals surface area contributed by atoms with Gasteiger partial charge in [-0.25, -0.2) is 0 Å². The van der Waals surface area contributed by atoms with Crippen molar-refractivity contribution in [2.24, 2.45) is 10.9 Å². The summed E-state index contributed by atoms with van der Waals surface area (Å²) in [7, 11) is 0. The van der Waals surface area contributed by atoms with E-state index in [-0.39, 0.29) is 5.84 Å². The number of rotatable bonds is 3. The number of aryl methyl sites for hydroxylation is 1. The second kappa shape index (κ2) is 6.13. The normalized spacial score (nSPS) is 15.5. The Morgan fingerprint density at radius 1 is 1.33 bits per heavy atom. The van der Waals surface area contributed by atoms with Crippen LogP contribution in [0, 0.1) is 0 Å². The number of oxime groups is 1. The first-order valence-corrected chi connectivity index (χ1v) is 7.63. The summed E-state index contributed by atoms with van der Waals surface area (Å²) in [5, 5.41) is 21.3. The summed E-state index contributed by atoms with van der Waals surface area (Å²) >= 11 is 1.44. The Balaban J connectivity index is 1.93. The maximum absolute atomic E-state index is 8.87. The van der Waals surface area contributed by atoms with Crippen LogP contribution in [-0.2, 0) is 13.0 Å². The van der Waals surface area contributed by atoms with Gasteiger partial charge in [0.15, 0.2) is 11.0 Å². The van der Waals surface area contributed by atoms with E-state index in [1.54, 1.807) is 18.5 Å². The molecule has 3 rings (SSSR count). The Morgan fingerprint density at radius 3 is 3.10 bits per heavy atom. The zero-order chi connectivity index (χ0) is 14.7. The summed E-state index contributed by atoms with van der Waals surface area (Å²) in [5.74, 6) is 1.10. The molecule has 1 aliphatic heterocycles. The van der Waals surface area contributed by atoms with Crippen molar-refractivity contribution in [1.29, 1.82) is 0 Å². The van der Waals surface area contributed by atoms with Crippen molar-refractivity contribution in [3.63, 3.8) is 0 Å². The summed E-state index contributed by atoms with van der Waals surface area (Å²) < 4.78 is 2.15. The highest BCUT2D eigenvalue weighted by Gasteiger charge is 2.17. The average molecular weight is 304 g/mol. The van der Waals surface area contributed by atoms with Gasteiger partial charge in [-0.15, -0.1) is 10.2 Å². The fraction of sp³-hybridized carbons (Fsp3) is 0.385. The fourth-order valence-corrected chi connectivity index (χ4v) is 3.34. The molecule has 2 aromatic rings. The van der Waals surface area contributed by atoms with E-state index >= 15 is 0 Å². The minimum atomic E-state index is 0.0653. The predicted octanol–water partition coefficient (Wildman–Crippen LogP) is 1.65. The standard InChI is InChI=1S/C13H16N6OS/c14-12(18-20)9-5-6-15-8-10(9)21-13-17-16-11-4-2-1-3-7-19(11)13/h5-6,8,20H,1-4,7H2,(H2,14,18). The summed E-state index contributed by atoms with van der Waals surface area (Å²) in [6.45, 7) is 0.934. The summed E-state index contributed by atoms with van der Waals surface area (Å²) in [4.78, 5) is 4.90. The molecule has 0 saturated heterocycles. The number of amidine groups is 1. The third-order valence-electron chi connectivity index (χ3n) is 3.45. The molecule has 21 heavy (non-hydrogen) atoms. The SMILES string of the molecule is N/C(=N/O)c1ccncc1Sc1nnc2n1CCCCC2. The predicted molar refractivity (Wildman–Crippen MR) is 78.4 cm³/mol. The van der Waals surface area contributed by atoms with Crippen LogP contribution >= 0.6 is 11.8 Å². The second-order valence-corrected chi connectivity index (χ2v) is 5.83. The van der Waals surface area contributed by atoms with Crippen molar-refractivity contribution in [2.75, 3.05) is 0 Å². The van der Waals surface area contributed by atoms with Crippen LogP contribution in [-0.4, -0.2) is 30.8 Å². The Hall–Kier alpha value is -2.09. The van der Waals surface area contributed by atoms with E-state index < -0.39 is 0 Å². The molecular weight excluding hydrogens is 288 g/mol. The van der Waals surface area contributed by atoms with Crippen LogP contribution in [0.5, 0.6) is 0 Å². The molecular formula is C13H16N6OS. The first kappa shape index (κ1) is 13.9. The van der Waals surface area contributed by atoms with E-state index in [1.807, 2.05) is 0 Å². The molecule has 0 spiro atoms. The van der Waals surface area contributed by atoms with Crippen LogP contribution < -0.4 is 5.73 Å². The summed E-state index contributed by atoms with van der Waals surface area (Å²) in [6, 6.07) is 1.72. The van der Waals surface area contributed by atoms with Gasteiger partial charge in [0.2, 0.25) is 0 Å². The van der Waals surface area contributed by atoms with Crippen LogP contribution in [0.3, 0.4) is 0 Å². The lowest BCUT2D eigenvalue weighted by atomic mass is 10.2. The van der Waals surface area contributed by atoms with Gasteiger partial charge in [0.25, 0.3) is 0 Å². The van der Waals surface area contributed by atoms with Gasteiger partial charge in [0.05, 0.1) is 0 Å². The molecule has 0 bridgehead atoms. The summed E-state index contributed by atoms with van der Waals surface area (Å²) in [5.41, 5.74) is 6.34. The molecule has 0 saturated carbocycles. The topological polar surface area (TPSA) is 102 Å². The Morgan fingerprint density at radius 2 is 2.24 bits per heavy atom. The van der Waals surface area contributed by atoms with Crippen molar-refractivity contribution in [3.8, 4) is 0 Å². The largest absolute Gasteiger partial charge is 0.409 e. The lowest BCUT2D eigenvalue weighted by molar-refractivity contribution is 0.318. The average Bonchev–Trinajstić information content (AvgIpc) is 2.74. The molecule has 0 atom stereocenters. The number of nitrogens with two attached hydrogens (primary N) is 1. The van der Waals surface area contributed by atoms with Gasteiger partial charge in [-0.1, -0.05) is 11.6 Å². The molecule has 110 valence electrons. The first-order valence-electron chi connectivity index (χ1n) is 6.81. The van der Waals surface area contributed by atoms with Crippen LogP contribution in [0.2, 0.25) is 0 Å². The number of hydrogen-bond donors (Lipinski definition) is 2. The Bertz CT molecular complexity index is 668. The first-order chi connectivity index (χ1) is 10.3. The Labute approximate surface area is 126 Å². The maximum atomic E-state index is 8.87.